The Labute approximate surface area is 118 Å². The molecule has 0 heterocycles. The molecule has 104 valence electrons. The van der Waals surface area contributed by atoms with Crippen molar-refractivity contribution in [2.75, 3.05) is 0 Å². The van der Waals surface area contributed by atoms with Crippen LogP contribution in [-0.4, -0.2) is 23.5 Å². The van der Waals surface area contributed by atoms with Crippen LogP contribution in [0.3, 0.4) is 0 Å². The number of carbonyl (C=O) groups excluding carboxylic acids is 2. The zero-order valence-electron chi connectivity index (χ0n) is 11.5. The fraction of sp³-hybridized carbons (Fsp3) is 0.429. The summed E-state index contributed by atoms with van der Waals surface area (Å²) in [4.78, 5) is 23.7. The maximum atomic E-state index is 12.1. The minimum absolute atomic E-state index is 0.253. The predicted molar refractivity (Wildman–Crippen MR) is 74.6 cm³/mol. The number of hydrogen-bond donors (Lipinski definition) is 1. The number of amides is 1. The second kappa shape index (κ2) is 6.06. The monoisotopic (exact) mass is 283 g/mol. The lowest BCUT2D eigenvalue weighted by Crippen LogP contribution is -2.41. The highest BCUT2D eigenvalue weighted by molar-refractivity contribution is 6.34. The van der Waals surface area contributed by atoms with Crippen molar-refractivity contribution in [1.29, 1.82) is 0 Å². The summed E-state index contributed by atoms with van der Waals surface area (Å²) in [5, 5.41) is 2.86. The molecule has 0 spiro atoms. The number of ketones is 1. The van der Waals surface area contributed by atoms with E-state index in [1.165, 1.54) is 0 Å². The Morgan fingerprint density at radius 2 is 1.84 bits per heavy atom. The Bertz CT molecular complexity index is 480. The van der Waals surface area contributed by atoms with Gasteiger partial charge >= 0.3 is 6.09 Å². The van der Waals surface area contributed by atoms with Crippen LogP contribution in [0.4, 0.5) is 4.79 Å². The number of carbonyl (C=O) groups is 2. The Morgan fingerprint density at radius 1 is 1.26 bits per heavy atom. The number of rotatable bonds is 3. The van der Waals surface area contributed by atoms with Crippen molar-refractivity contribution in [2.24, 2.45) is 0 Å². The lowest BCUT2D eigenvalue weighted by molar-refractivity contribution is 0.0497. The number of benzene rings is 1. The van der Waals surface area contributed by atoms with E-state index in [1.54, 1.807) is 52.0 Å². The first-order chi connectivity index (χ1) is 8.70. The third-order valence-electron chi connectivity index (χ3n) is 2.27. The largest absolute Gasteiger partial charge is 0.444 e. The molecule has 0 aliphatic rings. The Balaban J connectivity index is 2.69. The molecule has 0 saturated heterocycles. The van der Waals surface area contributed by atoms with Gasteiger partial charge in [-0.3, -0.25) is 4.79 Å². The van der Waals surface area contributed by atoms with Crippen molar-refractivity contribution in [2.45, 2.75) is 39.3 Å². The minimum atomic E-state index is -0.699. The van der Waals surface area contributed by atoms with E-state index in [0.29, 0.717) is 10.6 Å². The zero-order chi connectivity index (χ0) is 14.6. The molecule has 1 rings (SSSR count). The number of hydrogen-bond acceptors (Lipinski definition) is 3. The van der Waals surface area contributed by atoms with Crippen molar-refractivity contribution >= 4 is 23.5 Å². The molecule has 0 unspecified atom stereocenters. The van der Waals surface area contributed by atoms with Crippen LogP contribution < -0.4 is 5.32 Å². The normalized spacial score (nSPS) is 12.7. The van der Waals surface area contributed by atoms with Gasteiger partial charge in [-0.25, -0.2) is 4.79 Å². The molecule has 1 aromatic rings. The first-order valence-electron chi connectivity index (χ1n) is 5.99. The predicted octanol–water partition coefficient (Wildman–Crippen LogP) is 3.44. The van der Waals surface area contributed by atoms with Crippen LogP contribution in [-0.2, 0) is 4.74 Å². The summed E-state index contributed by atoms with van der Waals surface area (Å²) in [6, 6.07) is 6.02. The second-order valence-corrected chi connectivity index (χ2v) is 5.62. The first-order valence-corrected chi connectivity index (χ1v) is 6.37. The first kappa shape index (κ1) is 15.5. The lowest BCUT2D eigenvalue weighted by atomic mass is 10.1. The smallest absolute Gasteiger partial charge is 0.408 e. The standard InChI is InChI=1S/C14H18ClNO3/c1-9(16-13(18)19-14(2,3)4)12(17)10-7-5-6-8-11(10)15/h5-9H,1-4H3,(H,16,18)/t9-/m0/s1. The third kappa shape index (κ3) is 4.91. The van der Waals surface area contributed by atoms with Crippen molar-refractivity contribution in [1.82, 2.24) is 5.32 Å². The highest BCUT2D eigenvalue weighted by Crippen LogP contribution is 2.17. The molecule has 5 heteroatoms. The van der Waals surface area contributed by atoms with Gasteiger partial charge in [0.15, 0.2) is 5.78 Å². The van der Waals surface area contributed by atoms with Gasteiger partial charge in [-0.05, 0) is 39.8 Å². The van der Waals surface area contributed by atoms with Gasteiger partial charge in [0.1, 0.15) is 5.60 Å². The highest BCUT2D eigenvalue weighted by atomic mass is 35.5. The number of halogens is 1. The van der Waals surface area contributed by atoms with Crippen molar-refractivity contribution < 1.29 is 14.3 Å². The molecule has 0 aliphatic carbocycles. The molecular weight excluding hydrogens is 266 g/mol. The average molecular weight is 284 g/mol. The van der Waals surface area contributed by atoms with E-state index in [-0.39, 0.29) is 5.78 Å². The highest BCUT2D eigenvalue weighted by Gasteiger charge is 2.22. The summed E-state index contributed by atoms with van der Waals surface area (Å²) >= 11 is 5.94. The molecule has 0 aromatic heterocycles. The van der Waals surface area contributed by atoms with Gasteiger partial charge in [-0.1, -0.05) is 23.7 Å². The third-order valence-corrected chi connectivity index (χ3v) is 2.60. The van der Waals surface area contributed by atoms with Gasteiger partial charge in [0.05, 0.1) is 11.1 Å². The fourth-order valence-electron chi connectivity index (χ4n) is 1.44. The maximum absolute atomic E-state index is 12.1. The summed E-state index contributed by atoms with van der Waals surface area (Å²) in [7, 11) is 0. The van der Waals surface area contributed by atoms with Crippen molar-refractivity contribution in [3.63, 3.8) is 0 Å². The number of nitrogens with one attached hydrogen (secondary N) is 1. The molecule has 4 nitrogen and oxygen atoms in total. The van der Waals surface area contributed by atoms with E-state index in [9.17, 15) is 9.59 Å². The topological polar surface area (TPSA) is 55.4 Å². The van der Waals surface area contributed by atoms with E-state index >= 15 is 0 Å². The molecule has 0 saturated carbocycles. The molecule has 1 aromatic carbocycles. The van der Waals surface area contributed by atoms with E-state index in [2.05, 4.69) is 5.32 Å². The molecule has 0 bridgehead atoms. The molecule has 0 aliphatic heterocycles. The Morgan fingerprint density at radius 3 is 2.37 bits per heavy atom. The lowest BCUT2D eigenvalue weighted by Gasteiger charge is -2.21. The van der Waals surface area contributed by atoms with Gasteiger partial charge in [0.25, 0.3) is 0 Å². The van der Waals surface area contributed by atoms with E-state index < -0.39 is 17.7 Å². The summed E-state index contributed by atoms with van der Waals surface area (Å²) in [5.41, 5.74) is -0.218. The molecule has 19 heavy (non-hydrogen) atoms. The van der Waals surface area contributed by atoms with E-state index in [1.807, 2.05) is 0 Å². The summed E-state index contributed by atoms with van der Waals surface area (Å²) < 4.78 is 5.09. The molecule has 0 radical (unpaired) electrons. The number of ether oxygens (including phenoxy) is 1. The SMILES string of the molecule is C[C@H](NC(=O)OC(C)(C)C)C(=O)c1ccccc1Cl. The summed E-state index contributed by atoms with van der Waals surface area (Å²) in [5.74, 6) is -0.253. The summed E-state index contributed by atoms with van der Waals surface area (Å²) in [6.07, 6.45) is -0.625. The van der Waals surface area contributed by atoms with Crippen LogP contribution >= 0.6 is 11.6 Å². The van der Waals surface area contributed by atoms with E-state index in [0.717, 1.165) is 0 Å². The molecule has 0 fully saturated rings. The van der Waals surface area contributed by atoms with Crippen LogP contribution in [0.5, 0.6) is 0 Å². The van der Waals surface area contributed by atoms with Gasteiger partial charge in [0, 0.05) is 5.56 Å². The second-order valence-electron chi connectivity index (χ2n) is 5.21. The molecule has 1 N–H and O–H groups in total. The van der Waals surface area contributed by atoms with Crippen LogP contribution in [0.2, 0.25) is 5.02 Å². The quantitative estimate of drug-likeness (QED) is 0.865. The van der Waals surface area contributed by atoms with E-state index in [4.69, 9.17) is 16.3 Å². The van der Waals surface area contributed by atoms with Crippen LogP contribution in [0.25, 0.3) is 0 Å². The maximum Gasteiger partial charge on any atom is 0.408 e. The van der Waals surface area contributed by atoms with Crippen LogP contribution in [0, 0.1) is 0 Å². The number of alkyl carbamates (subject to hydrolysis) is 1. The van der Waals surface area contributed by atoms with Gasteiger partial charge in [-0.2, -0.15) is 0 Å². The zero-order valence-corrected chi connectivity index (χ0v) is 12.2. The molecule has 1 atom stereocenters. The fourth-order valence-corrected chi connectivity index (χ4v) is 1.67. The summed E-state index contributed by atoms with van der Waals surface area (Å²) in [6.45, 7) is 6.86. The molecule has 1 amide bonds. The van der Waals surface area contributed by atoms with Crippen LogP contribution in [0.1, 0.15) is 38.1 Å². The Hall–Kier alpha value is -1.55. The Kier molecular flexibility index (Phi) is 4.95. The van der Waals surface area contributed by atoms with Gasteiger partial charge in [-0.15, -0.1) is 0 Å². The van der Waals surface area contributed by atoms with Gasteiger partial charge in [0.2, 0.25) is 0 Å². The van der Waals surface area contributed by atoms with Gasteiger partial charge < -0.3 is 10.1 Å². The minimum Gasteiger partial charge on any atom is -0.444 e. The van der Waals surface area contributed by atoms with Crippen LogP contribution in [0.15, 0.2) is 24.3 Å². The van der Waals surface area contributed by atoms with Crippen molar-refractivity contribution in [3.8, 4) is 0 Å². The average Bonchev–Trinajstić information content (AvgIpc) is 2.26. The molecular formula is C14H18ClNO3. The number of Topliss-reactive ketones (excluding diaryl/α,β-unsaturated/α-hetero) is 1. The van der Waals surface area contributed by atoms with Crippen molar-refractivity contribution in [3.05, 3.63) is 34.9 Å².